The number of hydrogen-bond donors (Lipinski definition) is 2. The summed E-state index contributed by atoms with van der Waals surface area (Å²) in [5, 5.41) is 12.0. The molecule has 1 aromatic rings. The first-order chi connectivity index (χ1) is 7.33. The SMILES string of the molecule is OCCCCCCNc1ccnc(Cl)n1. The minimum Gasteiger partial charge on any atom is -0.396 e. The molecule has 0 unspecified atom stereocenters. The Morgan fingerprint density at radius 3 is 2.80 bits per heavy atom. The highest BCUT2D eigenvalue weighted by molar-refractivity contribution is 6.28. The maximum Gasteiger partial charge on any atom is 0.224 e. The average molecular weight is 230 g/mol. The summed E-state index contributed by atoms with van der Waals surface area (Å²) in [4.78, 5) is 7.81. The molecule has 0 aromatic carbocycles. The zero-order valence-electron chi connectivity index (χ0n) is 8.62. The predicted molar refractivity (Wildman–Crippen MR) is 61.1 cm³/mol. The third kappa shape index (κ3) is 5.54. The zero-order chi connectivity index (χ0) is 10.9. The van der Waals surface area contributed by atoms with Gasteiger partial charge < -0.3 is 10.4 Å². The Bertz CT molecular complexity index is 283. The smallest absolute Gasteiger partial charge is 0.224 e. The fraction of sp³-hybridized carbons (Fsp3) is 0.600. The summed E-state index contributed by atoms with van der Waals surface area (Å²) in [6, 6.07) is 1.79. The molecule has 0 amide bonds. The Labute approximate surface area is 94.7 Å². The maximum atomic E-state index is 8.58. The van der Waals surface area contributed by atoms with Gasteiger partial charge in [0.15, 0.2) is 0 Å². The van der Waals surface area contributed by atoms with Gasteiger partial charge in [0.2, 0.25) is 5.28 Å². The van der Waals surface area contributed by atoms with Gasteiger partial charge in [-0.1, -0.05) is 12.8 Å². The number of nitrogens with one attached hydrogen (secondary N) is 1. The molecule has 0 fully saturated rings. The highest BCUT2D eigenvalue weighted by Crippen LogP contribution is 2.06. The van der Waals surface area contributed by atoms with Crippen LogP contribution in [0.1, 0.15) is 25.7 Å². The van der Waals surface area contributed by atoms with E-state index in [1.807, 2.05) is 0 Å². The van der Waals surface area contributed by atoms with Crippen molar-refractivity contribution in [3.63, 3.8) is 0 Å². The predicted octanol–water partition coefficient (Wildman–Crippen LogP) is 2.09. The lowest BCUT2D eigenvalue weighted by Crippen LogP contribution is -2.03. The molecule has 15 heavy (non-hydrogen) atoms. The number of halogens is 1. The second kappa shape index (κ2) is 7.43. The number of anilines is 1. The molecular formula is C10H16ClN3O. The molecule has 4 nitrogen and oxygen atoms in total. The number of rotatable bonds is 7. The fourth-order valence-corrected chi connectivity index (χ4v) is 1.39. The van der Waals surface area contributed by atoms with Crippen molar-refractivity contribution in [2.45, 2.75) is 25.7 Å². The molecule has 0 aliphatic rings. The van der Waals surface area contributed by atoms with Crippen LogP contribution in [-0.4, -0.2) is 28.2 Å². The molecule has 0 bridgehead atoms. The summed E-state index contributed by atoms with van der Waals surface area (Å²) < 4.78 is 0. The molecular weight excluding hydrogens is 214 g/mol. The molecule has 5 heteroatoms. The third-order valence-corrected chi connectivity index (χ3v) is 2.20. The van der Waals surface area contributed by atoms with E-state index < -0.39 is 0 Å². The molecule has 0 aliphatic carbocycles. The van der Waals surface area contributed by atoms with Crippen LogP contribution in [0.5, 0.6) is 0 Å². The van der Waals surface area contributed by atoms with Crippen LogP contribution in [0.2, 0.25) is 5.28 Å². The van der Waals surface area contributed by atoms with Crippen LogP contribution in [0.15, 0.2) is 12.3 Å². The summed E-state index contributed by atoms with van der Waals surface area (Å²) >= 11 is 5.64. The van der Waals surface area contributed by atoms with Crippen LogP contribution in [0.25, 0.3) is 0 Å². The molecule has 2 N–H and O–H groups in total. The molecule has 0 radical (unpaired) electrons. The van der Waals surface area contributed by atoms with Gasteiger partial charge in [0.1, 0.15) is 5.82 Å². The van der Waals surface area contributed by atoms with Crippen LogP contribution < -0.4 is 5.32 Å². The Kier molecular flexibility index (Phi) is 6.04. The Morgan fingerprint density at radius 2 is 2.07 bits per heavy atom. The summed E-state index contributed by atoms with van der Waals surface area (Å²) in [5.74, 6) is 0.761. The van der Waals surface area contributed by atoms with E-state index in [0.717, 1.165) is 38.0 Å². The van der Waals surface area contributed by atoms with Crippen molar-refractivity contribution in [2.24, 2.45) is 0 Å². The van der Waals surface area contributed by atoms with Crippen molar-refractivity contribution >= 4 is 17.4 Å². The van der Waals surface area contributed by atoms with Crippen molar-refractivity contribution in [1.29, 1.82) is 0 Å². The Balaban J connectivity index is 2.10. The van der Waals surface area contributed by atoms with Gasteiger partial charge in [-0.15, -0.1) is 0 Å². The summed E-state index contributed by atoms with van der Waals surface area (Å²) in [6.07, 6.45) is 5.78. The monoisotopic (exact) mass is 229 g/mol. The molecule has 1 heterocycles. The van der Waals surface area contributed by atoms with Crippen molar-refractivity contribution in [3.8, 4) is 0 Å². The van der Waals surface area contributed by atoms with Crippen LogP contribution in [0.4, 0.5) is 5.82 Å². The minimum atomic E-state index is 0.264. The second-order valence-corrected chi connectivity index (χ2v) is 3.61. The van der Waals surface area contributed by atoms with Gasteiger partial charge >= 0.3 is 0 Å². The molecule has 1 aromatic heterocycles. The van der Waals surface area contributed by atoms with Crippen molar-refractivity contribution < 1.29 is 5.11 Å². The number of nitrogens with zero attached hydrogens (tertiary/aromatic N) is 2. The normalized spacial score (nSPS) is 10.3. The minimum absolute atomic E-state index is 0.264. The number of aliphatic hydroxyl groups is 1. The first kappa shape index (κ1) is 12.2. The molecule has 0 atom stereocenters. The molecule has 84 valence electrons. The zero-order valence-corrected chi connectivity index (χ0v) is 9.37. The highest BCUT2D eigenvalue weighted by Gasteiger charge is 1.95. The molecule has 0 saturated heterocycles. The van der Waals surface area contributed by atoms with E-state index in [1.165, 1.54) is 0 Å². The van der Waals surface area contributed by atoms with E-state index in [9.17, 15) is 0 Å². The van der Waals surface area contributed by atoms with Gasteiger partial charge in [0.05, 0.1) is 0 Å². The first-order valence-electron chi connectivity index (χ1n) is 5.16. The van der Waals surface area contributed by atoms with Gasteiger partial charge in [-0.2, -0.15) is 0 Å². The van der Waals surface area contributed by atoms with E-state index in [2.05, 4.69) is 15.3 Å². The van der Waals surface area contributed by atoms with E-state index >= 15 is 0 Å². The molecule has 0 aliphatic heterocycles. The van der Waals surface area contributed by atoms with Gasteiger partial charge in [0, 0.05) is 19.3 Å². The van der Waals surface area contributed by atoms with Crippen molar-refractivity contribution in [3.05, 3.63) is 17.5 Å². The summed E-state index contributed by atoms with van der Waals surface area (Å²) in [5.41, 5.74) is 0. The second-order valence-electron chi connectivity index (χ2n) is 3.28. The van der Waals surface area contributed by atoms with Crippen LogP contribution in [0, 0.1) is 0 Å². The number of aliphatic hydroxyl groups excluding tert-OH is 1. The molecule has 0 spiro atoms. The third-order valence-electron chi connectivity index (χ3n) is 2.02. The van der Waals surface area contributed by atoms with E-state index in [0.29, 0.717) is 0 Å². The number of unbranched alkanes of at least 4 members (excludes halogenated alkanes) is 3. The Hall–Kier alpha value is -0.870. The highest BCUT2D eigenvalue weighted by atomic mass is 35.5. The van der Waals surface area contributed by atoms with Gasteiger partial charge in [-0.25, -0.2) is 9.97 Å². The lowest BCUT2D eigenvalue weighted by Gasteiger charge is -2.04. The van der Waals surface area contributed by atoms with Crippen LogP contribution in [0.3, 0.4) is 0 Å². The van der Waals surface area contributed by atoms with Crippen molar-refractivity contribution in [2.75, 3.05) is 18.5 Å². The average Bonchev–Trinajstić information content (AvgIpc) is 2.23. The van der Waals surface area contributed by atoms with Gasteiger partial charge in [-0.3, -0.25) is 0 Å². The number of aromatic nitrogens is 2. The van der Waals surface area contributed by atoms with E-state index in [1.54, 1.807) is 12.3 Å². The standard InChI is InChI=1S/C10H16ClN3O/c11-10-13-7-5-9(14-10)12-6-3-1-2-4-8-15/h5,7,15H,1-4,6,8H2,(H,12,13,14). The van der Waals surface area contributed by atoms with E-state index in [-0.39, 0.29) is 11.9 Å². The van der Waals surface area contributed by atoms with Gasteiger partial charge in [-0.05, 0) is 30.5 Å². The molecule has 1 rings (SSSR count). The van der Waals surface area contributed by atoms with E-state index in [4.69, 9.17) is 16.7 Å². The van der Waals surface area contributed by atoms with Crippen molar-refractivity contribution in [1.82, 2.24) is 9.97 Å². The molecule has 0 saturated carbocycles. The fourth-order valence-electron chi connectivity index (χ4n) is 1.24. The summed E-state index contributed by atoms with van der Waals surface area (Å²) in [7, 11) is 0. The lowest BCUT2D eigenvalue weighted by atomic mass is 10.2. The maximum absolute atomic E-state index is 8.58. The van der Waals surface area contributed by atoms with Crippen LogP contribution in [-0.2, 0) is 0 Å². The quantitative estimate of drug-likeness (QED) is 0.555. The first-order valence-corrected chi connectivity index (χ1v) is 5.54. The topological polar surface area (TPSA) is 58.0 Å². The lowest BCUT2D eigenvalue weighted by molar-refractivity contribution is 0.283. The van der Waals surface area contributed by atoms with Crippen LogP contribution >= 0.6 is 11.6 Å². The largest absolute Gasteiger partial charge is 0.396 e. The van der Waals surface area contributed by atoms with Gasteiger partial charge in [0.25, 0.3) is 0 Å². The Morgan fingerprint density at radius 1 is 1.27 bits per heavy atom. The number of hydrogen-bond acceptors (Lipinski definition) is 4. The summed E-state index contributed by atoms with van der Waals surface area (Å²) in [6.45, 7) is 1.16.